The molecule has 2 atom stereocenters. The summed E-state index contributed by atoms with van der Waals surface area (Å²) in [7, 11) is 3.26. The van der Waals surface area contributed by atoms with E-state index in [1.165, 1.54) is 0 Å². The molecule has 1 aliphatic carbocycles. The molecule has 2 N–H and O–H groups in total. The molecule has 2 fully saturated rings. The number of methoxy groups -OCH3 is 2. The second-order valence-corrected chi connectivity index (χ2v) is 10.6. The highest BCUT2D eigenvalue weighted by Crippen LogP contribution is 2.31. The summed E-state index contributed by atoms with van der Waals surface area (Å²) in [6, 6.07) is 6.23. The van der Waals surface area contributed by atoms with Gasteiger partial charge in [0.25, 0.3) is 5.91 Å². The van der Waals surface area contributed by atoms with Crippen LogP contribution in [0.1, 0.15) is 75.6 Å². The van der Waals surface area contributed by atoms with Gasteiger partial charge in [-0.05, 0) is 70.6 Å². The van der Waals surface area contributed by atoms with E-state index in [-0.39, 0.29) is 30.5 Å². The molecule has 3 rings (SSSR count). The van der Waals surface area contributed by atoms with E-state index < -0.39 is 0 Å². The Kier molecular flexibility index (Phi) is 12.1. The number of aliphatic hydroxyl groups excluding tert-OH is 1. The van der Waals surface area contributed by atoms with E-state index in [0.717, 1.165) is 51.6 Å². The lowest BCUT2D eigenvalue weighted by atomic mass is 9.95. The topological polar surface area (TPSA) is 101 Å². The Morgan fingerprint density at radius 2 is 1.82 bits per heavy atom. The quantitative estimate of drug-likeness (QED) is 0.315. The van der Waals surface area contributed by atoms with E-state index in [1.807, 2.05) is 9.80 Å². The van der Waals surface area contributed by atoms with Gasteiger partial charge in [0, 0.05) is 76.0 Å². The van der Waals surface area contributed by atoms with Gasteiger partial charge in [-0.2, -0.15) is 0 Å². The van der Waals surface area contributed by atoms with Gasteiger partial charge >= 0.3 is 0 Å². The van der Waals surface area contributed by atoms with E-state index >= 15 is 0 Å². The van der Waals surface area contributed by atoms with Gasteiger partial charge in [-0.25, -0.2) is 0 Å². The van der Waals surface area contributed by atoms with Crippen LogP contribution >= 0.6 is 0 Å². The summed E-state index contributed by atoms with van der Waals surface area (Å²) >= 11 is 0. The molecule has 2 unspecified atom stereocenters. The largest absolute Gasteiger partial charge is 0.493 e. The van der Waals surface area contributed by atoms with Crippen molar-refractivity contribution in [2.24, 2.45) is 0 Å². The van der Waals surface area contributed by atoms with E-state index in [9.17, 15) is 9.59 Å². The first-order chi connectivity index (χ1) is 18.4. The van der Waals surface area contributed by atoms with Crippen LogP contribution in [-0.2, 0) is 9.53 Å². The van der Waals surface area contributed by atoms with Gasteiger partial charge in [0.1, 0.15) is 0 Å². The molecule has 0 aromatic heterocycles. The van der Waals surface area contributed by atoms with Crippen LogP contribution in [0.4, 0.5) is 0 Å². The number of nitrogens with one attached hydrogen (secondary N) is 1. The average molecular weight is 534 g/mol. The maximum Gasteiger partial charge on any atom is 0.254 e. The molecule has 1 saturated carbocycles. The summed E-state index contributed by atoms with van der Waals surface area (Å²) in [5.74, 6) is 1.32. The smallest absolute Gasteiger partial charge is 0.254 e. The highest BCUT2D eigenvalue weighted by Gasteiger charge is 2.34. The summed E-state index contributed by atoms with van der Waals surface area (Å²) < 4.78 is 16.4. The van der Waals surface area contributed by atoms with E-state index in [2.05, 4.69) is 19.2 Å². The Morgan fingerprint density at radius 1 is 1.05 bits per heavy atom. The fourth-order valence-electron chi connectivity index (χ4n) is 5.23. The molecule has 0 radical (unpaired) electrons. The zero-order valence-corrected chi connectivity index (χ0v) is 23.6. The number of nitrogens with zero attached hydrogens (tertiary/aromatic N) is 2. The zero-order valence-electron chi connectivity index (χ0n) is 23.6. The maximum absolute atomic E-state index is 13.7. The van der Waals surface area contributed by atoms with Crippen molar-refractivity contribution in [3.63, 3.8) is 0 Å². The second kappa shape index (κ2) is 15.3. The van der Waals surface area contributed by atoms with Crippen LogP contribution in [0.2, 0.25) is 0 Å². The van der Waals surface area contributed by atoms with Gasteiger partial charge in [0.05, 0.1) is 13.7 Å². The van der Waals surface area contributed by atoms with Gasteiger partial charge in [-0.1, -0.05) is 0 Å². The molecule has 9 nitrogen and oxygen atoms in total. The number of ether oxygens (including phenoxy) is 3. The Labute approximate surface area is 227 Å². The first-order valence-electron chi connectivity index (χ1n) is 14.2. The summed E-state index contributed by atoms with van der Waals surface area (Å²) in [6.07, 6.45) is 6.65. The molecular weight excluding hydrogens is 486 g/mol. The Balaban J connectivity index is 1.57. The molecule has 1 aromatic carbocycles. The van der Waals surface area contributed by atoms with Crippen LogP contribution in [0, 0.1) is 0 Å². The second-order valence-electron chi connectivity index (χ2n) is 10.6. The molecule has 2 amide bonds. The third-order valence-electron chi connectivity index (χ3n) is 7.41. The van der Waals surface area contributed by atoms with E-state index in [1.54, 1.807) is 32.4 Å². The molecule has 0 spiro atoms. The predicted octanol–water partition coefficient (Wildman–Crippen LogP) is 3.24. The normalized spacial score (nSPS) is 19.3. The number of carbonyl (C=O) groups is 2. The molecule has 1 saturated heterocycles. The molecule has 214 valence electrons. The lowest BCUT2D eigenvalue weighted by molar-refractivity contribution is -0.132. The molecule has 1 aromatic rings. The minimum Gasteiger partial charge on any atom is -0.493 e. The highest BCUT2D eigenvalue weighted by molar-refractivity contribution is 5.95. The maximum atomic E-state index is 13.7. The van der Waals surface area contributed by atoms with Crippen LogP contribution in [0.25, 0.3) is 0 Å². The number of piperidine rings is 1. The number of carbonyl (C=O) groups excluding carboxylic acids is 2. The highest BCUT2D eigenvalue weighted by atomic mass is 16.5. The van der Waals surface area contributed by atoms with E-state index in [0.29, 0.717) is 55.2 Å². The standard InChI is InChI=1S/C29H47N3O6/c1-21(2)32(29(35)22-8-13-26(37-4)27(19-22)38-18-6-17-36-3)25-10-9-23(30-20-25)14-15-31(24-11-12-24)28(34)7-5-16-33/h8,13,19,21,23-25,30,33H,5-7,9-12,14-18,20H2,1-4H3. The average Bonchev–Trinajstić information content (AvgIpc) is 3.76. The van der Waals surface area contributed by atoms with Gasteiger partial charge in [0.15, 0.2) is 11.5 Å². The van der Waals surface area contributed by atoms with Crippen LogP contribution in [0.3, 0.4) is 0 Å². The minimum absolute atomic E-state index is 0.0102. The number of hydrogen-bond donors (Lipinski definition) is 2. The predicted molar refractivity (Wildman–Crippen MR) is 147 cm³/mol. The molecule has 2 aliphatic rings. The van der Waals surface area contributed by atoms with Crippen molar-refractivity contribution >= 4 is 11.8 Å². The van der Waals surface area contributed by atoms with Crippen LogP contribution in [0.5, 0.6) is 11.5 Å². The Hall–Kier alpha value is -2.36. The number of rotatable bonds is 16. The van der Waals surface area contributed by atoms with Crippen LogP contribution in [-0.4, -0.2) is 98.0 Å². The summed E-state index contributed by atoms with van der Waals surface area (Å²) in [5.41, 5.74) is 0.588. The summed E-state index contributed by atoms with van der Waals surface area (Å²) in [6.45, 7) is 6.74. The number of aliphatic hydroxyl groups is 1. The van der Waals surface area contributed by atoms with Crippen molar-refractivity contribution in [2.75, 3.05) is 47.1 Å². The fourth-order valence-corrected chi connectivity index (χ4v) is 5.23. The lowest BCUT2D eigenvalue weighted by Crippen LogP contribution is -2.54. The SMILES string of the molecule is COCCCOc1cc(C(=O)N(C(C)C)C2CCC(CCN(C(=O)CCCO)C3CC3)NC2)ccc1OC. The van der Waals surface area contributed by atoms with Gasteiger partial charge in [-0.3, -0.25) is 9.59 Å². The van der Waals surface area contributed by atoms with Gasteiger partial charge < -0.3 is 34.4 Å². The number of benzene rings is 1. The van der Waals surface area contributed by atoms with Crippen LogP contribution in [0.15, 0.2) is 18.2 Å². The van der Waals surface area contributed by atoms with E-state index in [4.69, 9.17) is 19.3 Å². The summed E-state index contributed by atoms with van der Waals surface area (Å²) in [4.78, 5) is 30.2. The first-order valence-corrected chi connectivity index (χ1v) is 14.2. The molecular formula is C29H47N3O6. The van der Waals surface area contributed by atoms with Gasteiger partial charge in [-0.15, -0.1) is 0 Å². The zero-order chi connectivity index (χ0) is 27.5. The van der Waals surface area contributed by atoms with Crippen molar-refractivity contribution < 1.29 is 28.9 Å². The monoisotopic (exact) mass is 533 g/mol. The molecule has 38 heavy (non-hydrogen) atoms. The summed E-state index contributed by atoms with van der Waals surface area (Å²) in [5, 5.41) is 12.7. The van der Waals surface area contributed by atoms with Crippen molar-refractivity contribution in [1.82, 2.24) is 15.1 Å². The van der Waals surface area contributed by atoms with Crippen molar-refractivity contribution in [1.29, 1.82) is 0 Å². The fraction of sp³-hybridized carbons (Fsp3) is 0.724. The third kappa shape index (κ3) is 8.58. The van der Waals surface area contributed by atoms with Crippen molar-refractivity contribution in [3.05, 3.63) is 23.8 Å². The van der Waals surface area contributed by atoms with Crippen LogP contribution < -0.4 is 14.8 Å². The van der Waals surface area contributed by atoms with Crippen molar-refractivity contribution in [2.45, 2.75) is 89.4 Å². The Bertz CT molecular complexity index is 883. The molecule has 0 bridgehead atoms. The van der Waals surface area contributed by atoms with Gasteiger partial charge in [0.2, 0.25) is 5.91 Å². The first kappa shape index (κ1) is 30.2. The lowest BCUT2D eigenvalue weighted by Gasteiger charge is -2.40. The molecule has 9 heteroatoms. The Morgan fingerprint density at radius 3 is 2.42 bits per heavy atom. The minimum atomic E-state index is -0.0102. The third-order valence-corrected chi connectivity index (χ3v) is 7.41. The molecule has 1 aliphatic heterocycles. The number of hydrogen-bond acceptors (Lipinski definition) is 7. The molecule has 1 heterocycles. The van der Waals surface area contributed by atoms with Crippen molar-refractivity contribution in [3.8, 4) is 11.5 Å². The number of amides is 2.